The molecule has 0 aliphatic carbocycles. The largest absolute Gasteiger partial charge is 0.316 e. The van der Waals surface area contributed by atoms with Gasteiger partial charge in [-0.3, -0.25) is 0 Å². The van der Waals surface area contributed by atoms with Crippen LogP contribution >= 0.6 is 0 Å². The van der Waals surface area contributed by atoms with Crippen molar-refractivity contribution in [2.24, 2.45) is 11.8 Å². The van der Waals surface area contributed by atoms with E-state index in [-0.39, 0.29) is 0 Å². The van der Waals surface area contributed by atoms with E-state index in [1.165, 1.54) is 25.8 Å². The summed E-state index contributed by atoms with van der Waals surface area (Å²) in [6, 6.07) is 0. The van der Waals surface area contributed by atoms with Crippen LogP contribution in [0.3, 0.4) is 0 Å². The van der Waals surface area contributed by atoms with Crippen molar-refractivity contribution in [2.45, 2.75) is 19.3 Å². The predicted octanol–water partition coefficient (Wildman–Crippen LogP) is 0.199. The summed E-state index contributed by atoms with van der Waals surface area (Å²) in [6.07, 6.45) is 4.73. The van der Waals surface area contributed by atoms with Crippen molar-refractivity contribution in [3.8, 4) is 0 Å². The van der Waals surface area contributed by atoms with E-state index >= 15 is 0 Å². The van der Waals surface area contributed by atoms with Crippen LogP contribution in [-0.4, -0.2) is 70.2 Å². The van der Waals surface area contributed by atoms with Crippen molar-refractivity contribution < 1.29 is 8.42 Å². The first-order valence-corrected chi connectivity index (χ1v) is 9.14. The van der Waals surface area contributed by atoms with E-state index in [2.05, 4.69) is 17.3 Å². The van der Waals surface area contributed by atoms with Gasteiger partial charge in [0.2, 0.25) is 10.0 Å². The van der Waals surface area contributed by atoms with Gasteiger partial charge in [0.15, 0.2) is 0 Å². The summed E-state index contributed by atoms with van der Waals surface area (Å²) in [4.78, 5) is 2.37. The van der Waals surface area contributed by atoms with Crippen LogP contribution in [0.4, 0.5) is 0 Å². The lowest BCUT2D eigenvalue weighted by Crippen LogP contribution is -2.43. The number of hydrogen-bond donors (Lipinski definition) is 1. The third-order valence-corrected chi connectivity index (χ3v) is 5.58. The van der Waals surface area contributed by atoms with E-state index in [1.807, 2.05) is 0 Å². The summed E-state index contributed by atoms with van der Waals surface area (Å²) in [6.45, 7) is 5.80. The zero-order valence-electron chi connectivity index (χ0n) is 12.1. The molecule has 0 amide bonds. The predicted molar refractivity (Wildman–Crippen MR) is 77.6 cm³/mol. The molecule has 0 bridgehead atoms. The molecule has 6 heteroatoms. The number of likely N-dealkylation sites (tertiary alicyclic amines) is 1. The van der Waals surface area contributed by atoms with Crippen LogP contribution in [0.2, 0.25) is 0 Å². The molecule has 1 N–H and O–H groups in total. The molecular formula is C13H27N3O2S. The lowest BCUT2D eigenvalue weighted by molar-refractivity contribution is 0.258. The zero-order valence-corrected chi connectivity index (χ0v) is 13.0. The van der Waals surface area contributed by atoms with E-state index in [0.29, 0.717) is 19.0 Å². The molecule has 0 radical (unpaired) electrons. The highest BCUT2D eigenvalue weighted by atomic mass is 32.2. The minimum absolute atomic E-state index is 0.475. The fourth-order valence-electron chi connectivity index (χ4n) is 3.18. The van der Waals surface area contributed by atoms with Crippen molar-refractivity contribution in [3.05, 3.63) is 0 Å². The molecule has 2 heterocycles. The normalized spacial score (nSPS) is 30.8. The molecule has 2 saturated heterocycles. The van der Waals surface area contributed by atoms with E-state index in [0.717, 1.165) is 31.8 Å². The molecular weight excluding hydrogens is 262 g/mol. The first-order chi connectivity index (χ1) is 8.95. The van der Waals surface area contributed by atoms with Crippen LogP contribution in [0.25, 0.3) is 0 Å². The number of nitrogens with zero attached hydrogens (tertiary/aromatic N) is 2. The summed E-state index contributed by atoms with van der Waals surface area (Å²) >= 11 is 0. The molecule has 0 saturated carbocycles. The van der Waals surface area contributed by atoms with Crippen LogP contribution in [-0.2, 0) is 10.0 Å². The summed E-state index contributed by atoms with van der Waals surface area (Å²) < 4.78 is 24.7. The second-order valence-corrected chi connectivity index (χ2v) is 8.19. The molecule has 0 aromatic rings. The van der Waals surface area contributed by atoms with Crippen LogP contribution in [0, 0.1) is 11.8 Å². The van der Waals surface area contributed by atoms with Crippen molar-refractivity contribution in [1.82, 2.24) is 14.5 Å². The Morgan fingerprint density at radius 2 is 1.79 bits per heavy atom. The number of piperidine rings is 1. The van der Waals surface area contributed by atoms with Gasteiger partial charge in [-0.15, -0.1) is 0 Å². The van der Waals surface area contributed by atoms with Gasteiger partial charge in [0.1, 0.15) is 0 Å². The average Bonchev–Trinajstić information content (AvgIpc) is 2.74. The maximum Gasteiger partial charge on any atom is 0.211 e. The molecule has 5 nitrogen and oxygen atoms in total. The standard InChI is InChI=1S/C13H27N3O2S/c1-15-7-5-13(10-15)9-14-8-12-4-3-6-16(11-12)19(2,17)18/h12-14H,3-11H2,1-2H3. The van der Waals surface area contributed by atoms with Gasteiger partial charge in [0.05, 0.1) is 6.26 Å². The van der Waals surface area contributed by atoms with Gasteiger partial charge < -0.3 is 10.2 Å². The molecule has 2 fully saturated rings. The maximum absolute atomic E-state index is 11.6. The fraction of sp³-hybridized carbons (Fsp3) is 1.00. The minimum Gasteiger partial charge on any atom is -0.316 e. The van der Waals surface area contributed by atoms with Gasteiger partial charge in [-0.2, -0.15) is 0 Å². The van der Waals surface area contributed by atoms with Crippen LogP contribution in [0.15, 0.2) is 0 Å². The molecule has 2 aliphatic heterocycles. The van der Waals surface area contributed by atoms with E-state index in [1.54, 1.807) is 4.31 Å². The Balaban J connectivity index is 1.68. The third kappa shape index (κ3) is 4.70. The zero-order chi connectivity index (χ0) is 13.9. The molecule has 2 rings (SSSR count). The molecule has 2 atom stereocenters. The molecule has 0 aromatic heterocycles. The molecule has 2 unspecified atom stereocenters. The molecule has 19 heavy (non-hydrogen) atoms. The van der Waals surface area contributed by atoms with Gasteiger partial charge in [-0.05, 0) is 57.8 Å². The fourth-order valence-corrected chi connectivity index (χ4v) is 4.12. The Bertz CT molecular complexity index is 385. The SMILES string of the molecule is CN1CCC(CNCC2CCCN(S(C)(=O)=O)C2)C1. The van der Waals surface area contributed by atoms with Crippen molar-refractivity contribution in [2.75, 3.05) is 52.6 Å². The van der Waals surface area contributed by atoms with Crippen molar-refractivity contribution in [3.63, 3.8) is 0 Å². The van der Waals surface area contributed by atoms with Crippen LogP contribution < -0.4 is 5.32 Å². The monoisotopic (exact) mass is 289 g/mol. The highest BCUT2D eigenvalue weighted by Gasteiger charge is 2.26. The Morgan fingerprint density at radius 1 is 1.11 bits per heavy atom. The summed E-state index contributed by atoms with van der Waals surface area (Å²) in [5, 5.41) is 3.54. The lowest BCUT2D eigenvalue weighted by atomic mass is 9.99. The second-order valence-electron chi connectivity index (χ2n) is 6.20. The van der Waals surface area contributed by atoms with Gasteiger partial charge in [0.25, 0.3) is 0 Å². The quantitative estimate of drug-likeness (QED) is 0.785. The van der Waals surface area contributed by atoms with Gasteiger partial charge >= 0.3 is 0 Å². The van der Waals surface area contributed by atoms with Gasteiger partial charge in [-0.1, -0.05) is 0 Å². The number of rotatable bonds is 5. The summed E-state index contributed by atoms with van der Waals surface area (Å²) in [5.41, 5.74) is 0. The first kappa shape index (κ1) is 15.2. The Morgan fingerprint density at radius 3 is 2.37 bits per heavy atom. The van der Waals surface area contributed by atoms with Crippen molar-refractivity contribution in [1.29, 1.82) is 0 Å². The summed E-state index contributed by atoms with van der Waals surface area (Å²) in [5.74, 6) is 1.24. The van der Waals surface area contributed by atoms with E-state index in [9.17, 15) is 8.42 Å². The molecule has 112 valence electrons. The van der Waals surface area contributed by atoms with Crippen LogP contribution in [0.5, 0.6) is 0 Å². The molecule has 2 aliphatic rings. The van der Waals surface area contributed by atoms with Gasteiger partial charge in [0, 0.05) is 19.6 Å². The Hall–Kier alpha value is -0.170. The maximum atomic E-state index is 11.6. The Labute approximate surface area is 117 Å². The van der Waals surface area contributed by atoms with Gasteiger partial charge in [-0.25, -0.2) is 12.7 Å². The average molecular weight is 289 g/mol. The number of nitrogens with one attached hydrogen (secondary N) is 1. The van der Waals surface area contributed by atoms with E-state index in [4.69, 9.17) is 0 Å². The molecule has 0 aromatic carbocycles. The topological polar surface area (TPSA) is 52.6 Å². The highest BCUT2D eigenvalue weighted by molar-refractivity contribution is 7.88. The number of hydrogen-bond acceptors (Lipinski definition) is 4. The van der Waals surface area contributed by atoms with E-state index < -0.39 is 10.0 Å². The second kappa shape index (κ2) is 6.52. The summed E-state index contributed by atoms with van der Waals surface area (Å²) in [7, 11) is -0.836. The minimum atomic E-state index is -3.01. The Kier molecular flexibility index (Phi) is 5.22. The number of sulfonamides is 1. The van der Waals surface area contributed by atoms with Crippen molar-refractivity contribution >= 4 is 10.0 Å². The van der Waals surface area contributed by atoms with Crippen LogP contribution in [0.1, 0.15) is 19.3 Å². The smallest absolute Gasteiger partial charge is 0.211 e. The third-order valence-electron chi connectivity index (χ3n) is 4.31. The first-order valence-electron chi connectivity index (χ1n) is 7.29. The lowest BCUT2D eigenvalue weighted by Gasteiger charge is -2.31. The highest BCUT2D eigenvalue weighted by Crippen LogP contribution is 2.18. The molecule has 0 spiro atoms.